The molecular weight excluding hydrogens is 224 g/mol. The van der Waals surface area contributed by atoms with Crippen molar-refractivity contribution in [1.82, 2.24) is 0 Å². The first-order valence-electron chi connectivity index (χ1n) is 5.94. The lowest BCUT2D eigenvalue weighted by atomic mass is 10.0. The zero-order valence-corrected chi connectivity index (χ0v) is 10.2. The van der Waals surface area contributed by atoms with E-state index in [0.717, 1.165) is 17.1 Å². The molecule has 1 aliphatic heterocycles. The fraction of sp³-hybridized carbons (Fsp3) is 0.125. The van der Waals surface area contributed by atoms with Crippen LogP contribution in [0.2, 0.25) is 0 Å². The average molecular weight is 238 g/mol. The quantitative estimate of drug-likeness (QED) is 0.795. The molecule has 0 aliphatic carbocycles. The van der Waals surface area contributed by atoms with Gasteiger partial charge in [-0.1, -0.05) is 42.5 Å². The Morgan fingerprint density at radius 2 is 1.89 bits per heavy atom. The summed E-state index contributed by atoms with van der Waals surface area (Å²) >= 11 is 0. The summed E-state index contributed by atoms with van der Waals surface area (Å²) in [5, 5.41) is 0. The second-order valence-corrected chi connectivity index (χ2v) is 4.21. The third kappa shape index (κ3) is 1.86. The molecule has 0 aromatic heterocycles. The average Bonchev–Trinajstić information content (AvgIpc) is 2.83. The van der Waals surface area contributed by atoms with Crippen molar-refractivity contribution in [3.63, 3.8) is 0 Å². The van der Waals surface area contributed by atoms with Gasteiger partial charge in [0, 0.05) is 11.1 Å². The molecule has 2 nitrogen and oxygen atoms in total. The van der Waals surface area contributed by atoms with E-state index in [-0.39, 0.29) is 0 Å². The molecule has 2 heteroatoms. The van der Waals surface area contributed by atoms with E-state index in [2.05, 4.69) is 24.3 Å². The molecule has 2 aromatic rings. The predicted molar refractivity (Wildman–Crippen MR) is 72.8 cm³/mol. The van der Waals surface area contributed by atoms with E-state index in [1.807, 2.05) is 30.3 Å². The van der Waals surface area contributed by atoms with Crippen LogP contribution in [-0.4, -0.2) is 13.7 Å². The Bertz CT molecular complexity index is 585. The molecule has 2 aromatic carbocycles. The van der Waals surface area contributed by atoms with Crippen molar-refractivity contribution in [2.24, 2.45) is 0 Å². The van der Waals surface area contributed by atoms with E-state index in [4.69, 9.17) is 9.47 Å². The van der Waals surface area contributed by atoms with Crippen LogP contribution in [0.3, 0.4) is 0 Å². The van der Waals surface area contributed by atoms with Gasteiger partial charge in [0.2, 0.25) is 0 Å². The van der Waals surface area contributed by atoms with Gasteiger partial charge in [0.15, 0.2) is 11.5 Å². The van der Waals surface area contributed by atoms with Crippen molar-refractivity contribution in [2.75, 3.05) is 13.7 Å². The van der Waals surface area contributed by atoms with Gasteiger partial charge in [-0.25, -0.2) is 0 Å². The number of hydrogen-bond acceptors (Lipinski definition) is 2. The Kier molecular flexibility index (Phi) is 2.77. The number of benzene rings is 2. The maximum absolute atomic E-state index is 5.71. The van der Waals surface area contributed by atoms with Gasteiger partial charge in [-0.3, -0.25) is 0 Å². The van der Waals surface area contributed by atoms with E-state index >= 15 is 0 Å². The number of rotatable bonds is 2. The summed E-state index contributed by atoms with van der Waals surface area (Å²) in [6.07, 6.45) is 2.16. The van der Waals surface area contributed by atoms with Crippen LogP contribution in [0.4, 0.5) is 0 Å². The Hall–Kier alpha value is -2.22. The lowest BCUT2D eigenvalue weighted by Gasteiger charge is -2.04. The van der Waals surface area contributed by atoms with E-state index in [9.17, 15) is 0 Å². The fourth-order valence-electron chi connectivity index (χ4n) is 2.18. The number of para-hydroxylation sites is 1. The number of hydrogen-bond donors (Lipinski definition) is 0. The van der Waals surface area contributed by atoms with E-state index in [0.29, 0.717) is 6.61 Å². The van der Waals surface area contributed by atoms with Gasteiger partial charge in [0.25, 0.3) is 0 Å². The topological polar surface area (TPSA) is 18.5 Å². The van der Waals surface area contributed by atoms with Gasteiger partial charge in [0.05, 0.1) is 7.11 Å². The SMILES string of the molecule is COc1cccc2c1OC/C2=C/c1ccccc1. The first kappa shape index (κ1) is 10.9. The maximum atomic E-state index is 5.71. The van der Waals surface area contributed by atoms with E-state index in [1.165, 1.54) is 11.1 Å². The van der Waals surface area contributed by atoms with Crippen molar-refractivity contribution in [1.29, 1.82) is 0 Å². The Morgan fingerprint density at radius 1 is 1.06 bits per heavy atom. The largest absolute Gasteiger partial charge is 0.493 e. The first-order valence-corrected chi connectivity index (χ1v) is 5.94. The molecule has 90 valence electrons. The van der Waals surface area contributed by atoms with Gasteiger partial charge in [-0.15, -0.1) is 0 Å². The van der Waals surface area contributed by atoms with Crippen molar-refractivity contribution in [3.05, 3.63) is 59.7 Å². The zero-order chi connectivity index (χ0) is 12.4. The molecule has 0 spiro atoms. The molecule has 1 heterocycles. The Labute approximate surface area is 106 Å². The van der Waals surface area contributed by atoms with Crippen molar-refractivity contribution in [2.45, 2.75) is 0 Å². The number of fused-ring (bicyclic) bond motifs is 1. The van der Waals surface area contributed by atoms with Crippen LogP contribution in [0.15, 0.2) is 48.5 Å². The van der Waals surface area contributed by atoms with Crippen LogP contribution < -0.4 is 9.47 Å². The van der Waals surface area contributed by atoms with Gasteiger partial charge < -0.3 is 9.47 Å². The lowest BCUT2D eigenvalue weighted by molar-refractivity contribution is 0.344. The van der Waals surface area contributed by atoms with Crippen LogP contribution in [0, 0.1) is 0 Å². The highest BCUT2D eigenvalue weighted by Crippen LogP contribution is 2.41. The molecule has 18 heavy (non-hydrogen) atoms. The van der Waals surface area contributed by atoms with Gasteiger partial charge >= 0.3 is 0 Å². The molecular formula is C16H14O2. The van der Waals surface area contributed by atoms with E-state index < -0.39 is 0 Å². The molecule has 0 saturated carbocycles. The molecule has 1 aliphatic rings. The molecule has 0 radical (unpaired) electrons. The van der Waals surface area contributed by atoms with Crippen LogP contribution >= 0.6 is 0 Å². The second-order valence-electron chi connectivity index (χ2n) is 4.21. The van der Waals surface area contributed by atoms with Crippen molar-refractivity contribution < 1.29 is 9.47 Å². The monoisotopic (exact) mass is 238 g/mol. The third-order valence-electron chi connectivity index (χ3n) is 3.06. The molecule has 0 N–H and O–H groups in total. The highest BCUT2D eigenvalue weighted by atomic mass is 16.5. The summed E-state index contributed by atoms with van der Waals surface area (Å²) in [6.45, 7) is 0.602. The Balaban J connectivity index is 2.03. The summed E-state index contributed by atoms with van der Waals surface area (Å²) in [5.41, 5.74) is 3.50. The first-order chi connectivity index (χ1) is 8.88. The Morgan fingerprint density at radius 3 is 2.67 bits per heavy atom. The molecule has 0 amide bonds. The minimum atomic E-state index is 0.602. The van der Waals surface area contributed by atoms with Crippen LogP contribution in [0.25, 0.3) is 11.6 Å². The smallest absolute Gasteiger partial charge is 0.169 e. The second kappa shape index (κ2) is 4.57. The third-order valence-corrected chi connectivity index (χ3v) is 3.06. The number of ether oxygens (including phenoxy) is 2. The summed E-state index contributed by atoms with van der Waals surface area (Å²) in [5.74, 6) is 1.64. The minimum Gasteiger partial charge on any atom is -0.493 e. The molecule has 0 saturated heterocycles. The highest BCUT2D eigenvalue weighted by Gasteiger charge is 2.21. The molecule has 0 atom stereocenters. The van der Waals surface area contributed by atoms with Crippen molar-refractivity contribution in [3.8, 4) is 11.5 Å². The molecule has 3 rings (SSSR count). The minimum absolute atomic E-state index is 0.602. The summed E-state index contributed by atoms with van der Waals surface area (Å²) in [4.78, 5) is 0. The normalized spacial score (nSPS) is 15.3. The van der Waals surface area contributed by atoms with Crippen LogP contribution in [0.1, 0.15) is 11.1 Å². The van der Waals surface area contributed by atoms with E-state index in [1.54, 1.807) is 7.11 Å². The molecule has 0 bridgehead atoms. The van der Waals surface area contributed by atoms with Crippen molar-refractivity contribution >= 4 is 11.6 Å². The number of methoxy groups -OCH3 is 1. The zero-order valence-electron chi connectivity index (χ0n) is 10.2. The molecule has 0 fully saturated rings. The summed E-state index contributed by atoms with van der Waals surface area (Å²) in [6, 6.07) is 16.2. The van der Waals surface area contributed by atoms with Crippen LogP contribution in [-0.2, 0) is 0 Å². The van der Waals surface area contributed by atoms with Gasteiger partial charge in [0.1, 0.15) is 6.61 Å². The van der Waals surface area contributed by atoms with Gasteiger partial charge in [-0.2, -0.15) is 0 Å². The highest BCUT2D eigenvalue weighted by molar-refractivity contribution is 5.88. The van der Waals surface area contributed by atoms with Crippen LogP contribution in [0.5, 0.6) is 11.5 Å². The summed E-state index contributed by atoms with van der Waals surface area (Å²) < 4.78 is 11.0. The fourth-order valence-corrected chi connectivity index (χ4v) is 2.18. The predicted octanol–water partition coefficient (Wildman–Crippen LogP) is 3.63. The lowest BCUT2D eigenvalue weighted by Crippen LogP contribution is -1.89. The maximum Gasteiger partial charge on any atom is 0.169 e. The van der Waals surface area contributed by atoms with Gasteiger partial charge in [-0.05, 0) is 17.7 Å². The molecule has 0 unspecified atom stereocenters. The standard InChI is InChI=1S/C16H14O2/c1-17-15-9-5-8-14-13(11-18-16(14)15)10-12-6-3-2-4-7-12/h2-10H,11H2,1H3/b13-10-. The summed E-state index contributed by atoms with van der Waals surface area (Å²) in [7, 11) is 1.66.